The zero-order chi connectivity index (χ0) is 13.1. The monoisotopic (exact) mass is 279 g/mol. The number of thiophene rings is 1. The Bertz CT molecular complexity index is 529. The smallest absolute Gasteiger partial charge is 0.0911 e. The molecule has 2 aromatic rings. The van der Waals surface area contributed by atoms with Crippen molar-refractivity contribution < 1.29 is 4.21 Å². The summed E-state index contributed by atoms with van der Waals surface area (Å²) in [5.41, 5.74) is 9.61. The highest BCUT2D eigenvalue weighted by Crippen LogP contribution is 2.20. The van der Waals surface area contributed by atoms with Crippen molar-refractivity contribution in [1.29, 1.82) is 0 Å². The minimum Gasteiger partial charge on any atom is -0.323 e. The molecular formula is C14H17NOS2. The number of rotatable bonds is 4. The first-order chi connectivity index (χ1) is 8.56. The summed E-state index contributed by atoms with van der Waals surface area (Å²) < 4.78 is 13.0. The number of hydrogen-bond donors (Lipinski definition) is 1. The average molecular weight is 279 g/mol. The van der Waals surface area contributed by atoms with E-state index in [-0.39, 0.29) is 6.04 Å². The summed E-state index contributed by atoms with van der Waals surface area (Å²) in [5, 5.41) is 1.94. The van der Waals surface area contributed by atoms with Crippen LogP contribution < -0.4 is 5.73 Å². The van der Waals surface area contributed by atoms with Crippen molar-refractivity contribution in [2.75, 3.05) is 5.75 Å². The van der Waals surface area contributed by atoms with E-state index in [1.54, 1.807) is 0 Å². The number of benzene rings is 1. The summed E-state index contributed by atoms with van der Waals surface area (Å²) >= 11 is 1.52. The van der Waals surface area contributed by atoms with Gasteiger partial charge in [0.05, 0.1) is 15.0 Å². The maximum absolute atomic E-state index is 12.1. The normalized spacial score (nSPS) is 14.4. The van der Waals surface area contributed by atoms with Crippen LogP contribution in [-0.2, 0) is 10.8 Å². The Morgan fingerprint density at radius 3 is 2.50 bits per heavy atom. The maximum Gasteiger partial charge on any atom is 0.0911 e. The lowest BCUT2D eigenvalue weighted by atomic mass is 10.0. The van der Waals surface area contributed by atoms with Crippen molar-refractivity contribution in [1.82, 2.24) is 0 Å². The molecule has 1 heterocycles. The topological polar surface area (TPSA) is 43.1 Å². The van der Waals surface area contributed by atoms with Gasteiger partial charge in [0.1, 0.15) is 0 Å². The predicted octanol–water partition coefficient (Wildman–Crippen LogP) is 3.17. The molecule has 0 saturated carbocycles. The minimum atomic E-state index is -1.00. The molecule has 0 spiro atoms. The van der Waals surface area contributed by atoms with E-state index in [1.165, 1.54) is 22.5 Å². The van der Waals surface area contributed by atoms with Crippen molar-refractivity contribution in [2.24, 2.45) is 5.73 Å². The van der Waals surface area contributed by atoms with Gasteiger partial charge in [0.25, 0.3) is 0 Å². The molecule has 96 valence electrons. The van der Waals surface area contributed by atoms with E-state index >= 15 is 0 Å². The van der Waals surface area contributed by atoms with Crippen LogP contribution in [0.2, 0.25) is 0 Å². The molecule has 0 fully saturated rings. The van der Waals surface area contributed by atoms with E-state index in [0.29, 0.717) is 5.75 Å². The van der Waals surface area contributed by atoms with Crippen molar-refractivity contribution in [3.05, 3.63) is 52.4 Å². The Labute approximate surface area is 114 Å². The Morgan fingerprint density at radius 2 is 1.94 bits per heavy atom. The van der Waals surface area contributed by atoms with E-state index in [9.17, 15) is 4.21 Å². The highest BCUT2D eigenvalue weighted by Gasteiger charge is 2.13. The second-order valence-electron chi connectivity index (χ2n) is 4.47. The Morgan fingerprint density at radius 1 is 1.28 bits per heavy atom. The molecule has 0 aliphatic rings. The fourth-order valence-electron chi connectivity index (χ4n) is 1.96. The summed E-state index contributed by atoms with van der Waals surface area (Å²) in [5.74, 6) is 0.476. The molecule has 2 rings (SSSR count). The molecule has 1 aromatic carbocycles. The highest BCUT2D eigenvalue weighted by atomic mass is 32.2. The summed E-state index contributed by atoms with van der Waals surface area (Å²) in [6.45, 7) is 4.11. The van der Waals surface area contributed by atoms with Gasteiger partial charge in [0, 0.05) is 11.8 Å². The molecule has 0 aliphatic heterocycles. The van der Waals surface area contributed by atoms with Crippen LogP contribution in [0.15, 0.2) is 39.9 Å². The van der Waals surface area contributed by atoms with Crippen LogP contribution in [0.3, 0.4) is 0 Å². The molecule has 2 unspecified atom stereocenters. The molecule has 0 radical (unpaired) electrons. The molecule has 2 N–H and O–H groups in total. The van der Waals surface area contributed by atoms with Gasteiger partial charge in [-0.3, -0.25) is 4.21 Å². The van der Waals surface area contributed by atoms with Crippen LogP contribution in [0.4, 0.5) is 0 Å². The van der Waals surface area contributed by atoms with Gasteiger partial charge in [-0.2, -0.15) is 0 Å². The second kappa shape index (κ2) is 5.78. The molecule has 18 heavy (non-hydrogen) atoms. The maximum atomic E-state index is 12.1. The fraction of sp³-hybridized carbons (Fsp3) is 0.286. The van der Waals surface area contributed by atoms with E-state index in [2.05, 4.69) is 32.0 Å². The average Bonchev–Trinajstić information content (AvgIpc) is 2.80. The predicted molar refractivity (Wildman–Crippen MR) is 78.4 cm³/mol. The van der Waals surface area contributed by atoms with Gasteiger partial charge in [-0.25, -0.2) is 0 Å². The molecule has 0 amide bonds. The summed E-state index contributed by atoms with van der Waals surface area (Å²) in [4.78, 5) is 0. The molecule has 0 bridgehead atoms. The molecule has 0 saturated heterocycles. The van der Waals surface area contributed by atoms with Gasteiger partial charge in [-0.05, 0) is 30.9 Å². The van der Waals surface area contributed by atoms with E-state index < -0.39 is 10.8 Å². The quantitative estimate of drug-likeness (QED) is 0.934. The number of aryl methyl sites for hydroxylation is 2. The standard InChI is InChI=1S/C14H17NOS2/c1-10-6-11(2)8-12(7-10)13(15)9-18(16)14-4-3-5-17-14/h3-8,13H,9,15H2,1-2H3. The van der Waals surface area contributed by atoms with Crippen LogP contribution in [-0.4, -0.2) is 9.96 Å². The summed E-state index contributed by atoms with van der Waals surface area (Å²) in [6, 6.07) is 9.90. The second-order valence-corrected chi connectivity index (χ2v) is 7.14. The Hall–Kier alpha value is -0.970. The number of hydrogen-bond acceptors (Lipinski definition) is 3. The SMILES string of the molecule is Cc1cc(C)cc(C(N)CS(=O)c2cccs2)c1. The van der Waals surface area contributed by atoms with Gasteiger partial charge in [0.2, 0.25) is 0 Å². The van der Waals surface area contributed by atoms with Crippen LogP contribution in [0, 0.1) is 13.8 Å². The van der Waals surface area contributed by atoms with E-state index in [1.807, 2.05) is 17.5 Å². The summed E-state index contributed by atoms with van der Waals surface area (Å²) in [7, 11) is -1.00. The first-order valence-corrected chi connectivity index (χ1v) is 8.02. The van der Waals surface area contributed by atoms with Crippen molar-refractivity contribution >= 4 is 22.1 Å². The molecule has 2 atom stereocenters. The molecule has 1 aromatic heterocycles. The third kappa shape index (κ3) is 3.28. The zero-order valence-corrected chi connectivity index (χ0v) is 12.2. The van der Waals surface area contributed by atoms with E-state index in [4.69, 9.17) is 5.73 Å². The van der Waals surface area contributed by atoms with Crippen LogP contribution in [0.25, 0.3) is 0 Å². The third-order valence-electron chi connectivity index (χ3n) is 2.72. The minimum absolute atomic E-state index is 0.175. The summed E-state index contributed by atoms with van der Waals surface area (Å²) in [6.07, 6.45) is 0. The molecule has 2 nitrogen and oxygen atoms in total. The lowest BCUT2D eigenvalue weighted by molar-refractivity contribution is 0.676. The molecule has 4 heteroatoms. The zero-order valence-electron chi connectivity index (χ0n) is 10.6. The lowest BCUT2D eigenvalue weighted by Crippen LogP contribution is -2.18. The highest BCUT2D eigenvalue weighted by molar-refractivity contribution is 7.87. The largest absolute Gasteiger partial charge is 0.323 e. The van der Waals surface area contributed by atoms with Crippen LogP contribution in [0.1, 0.15) is 22.7 Å². The molecule has 0 aliphatic carbocycles. The van der Waals surface area contributed by atoms with E-state index in [0.717, 1.165) is 9.77 Å². The van der Waals surface area contributed by atoms with Crippen molar-refractivity contribution in [3.63, 3.8) is 0 Å². The van der Waals surface area contributed by atoms with Crippen LogP contribution >= 0.6 is 11.3 Å². The van der Waals surface area contributed by atoms with Gasteiger partial charge in [0.15, 0.2) is 0 Å². The Balaban J connectivity index is 2.12. The van der Waals surface area contributed by atoms with Gasteiger partial charge < -0.3 is 5.73 Å². The first-order valence-electron chi connectivity index (χ1n) is 5.82. The van der Waals surface area contributed by atoms with Gasteiger partial charge in [-0.1, -0.05) is 35.4 Å². The first kappa shape index (κ1) is 13.5. The molecular weight excluding hydrogens is 262 g/mol. The van der Waals surface area contributed by atoms with Crippen LogP contribution in [0.5, 0.6) is 0 Å². The van der Waals surface area contributed by atoms with Gasteiger partial charge in [-0.15, -0.1) is 11.3 Å². The van der Waals surface area contributed by atoms with Gasteiger partial charge >= 0.3 is 0 Å². The van der Waals surface area contributed by atoms with Crippen molar-refractivity contribution in [2.45, 2.75) is 24.1 Å². The number of nitrogens with two attached hydrogens (primary N) is 1. The third-order valence-corrected chi connectivity index (χ3v) is 5.48. The lowest BCUT2D eigenvalue weighted by Gasteiger charge is -2.13. The van der Waals surface area contributed by atoms with Crippen molar-refractivity contribution in [3.8, 4) is 0 Å². The Kier molecular flexibility index (Phi) is 4.32. The fourth-order valence-corrected chi connectivity index (χ4v) is 4.12.